The van der Waals surface area contributed by atoms with Gasteiger partial charge in [0.15, 0.2) is 0 Å². The Kier molecular flexibility index (Phi) is 6.77. The molecule has 0 spiro atoms. The van der Waals surface area contributed by atoms with Crippen LogP contribution < -0.4 is 5.32 Å². The summed E-state index contributed by atoms with van der Waals surface area (Å²) in [6.07, 6.45) is 2.88. The Balaban J connectivity index is 1.40. The molecule has 2 aromatic rings. The molecule has 2 heterocycles. The van der Waals surface area contributed by atoms with Gasteiger partial charge in [0.2, 0.25) is 5.91 Å². The molecule has 26 heavy (non-hydrogen) atoms. The number of rotatable bonds is 7. The Morgan fingerprint density at radius 1 is 1.35 bits per heavy atom. The summed E-state index contributed by atoms with van der Waals surface area (Å²) in [6.45, 7) is 4.60. The van der Waals surface area contributed by atoms with Gasteiger partial charge < -0.3 is 10.1 Å². The van der Waals surface area contributed by atoms with E-state index >= 15 is 0 Å². The third kappa shape index (κ3) is 5.62. The van der Waals surface area contributed by atoms with Crippen LogP contribution in [0.3, 0.4) is 0 Å². The number of nitrogens with zero attached hydrogens (tertiary/aromatic N) is 2. The Morgan fingerprint density at radius 2 is 2.15 bits per heavy atom. The molecule has 0 radical (unpaired) electrons. The number of pyridine rings is 1. The summed E-state index contributed by atoms with van der Waals surface area (Å²) in [6, 6.07) is 13.8. The topological polar surface area (TPSA) is 54.5 Å². The Morgan fingerprint density at radius 3 is 2.88 bits per heavy atom. The fraction of sp³-hybridized carbons (Fsp3) is 0.400. The highest BCUT2D eigenvalue weighted by molar-refractivity contribution is 9.10. The normalized spacial score (nSPS) is 18.6. The van der Waals surface area contributed by atoms with Crippen molar-refractivity contribution in [2.75, 3.05) is 19.6 Å². The molecule has 2 atom stereocenters. The SMILES string of the molecule is C[C@@H](NC(=O)CN1CC[C@H](OCc2ccccn2)C1)c1ccc(Br)cc1. The van der Waals surface area contributed by atoms with Gasteiger partial charge in [-0.25, -0.2) is 0 Å². The first-order chi connectivity index (χ1) is 12.6. The Hall–Kier alpha value is -1.76. The number of halogens is 1. The lowest BCUT2D eigenvalue weighted by atomic mass is 10.1. The standard InChI is InChI=1S/C20H24BrN3O2/c1-15(16-5-7-17(21)8-6-16)23-20(25)13-24-11-9-19(12-24)26-14-18-4-2-3-10-22-18/h2-8,10,15,19H,9,11-14H2,1H3,(H,23,25)/t15-,19+/m1/s1. The lowest BCUT2D eigenvalue weighted by molar-refractivity contribution is -0.122. The van der Waals surface area contributed by atoms with Crippen LogP contribution >= 0.6 is 15.9 Å². The van der Waals surface area contributed by atoms with Gasteiger partial charge in [0.1, 0.15) is 0 Å². The van der Waals surface area contributed by atoms with Gasteiger partial charge in [0.05, 0.1) is 31.0 Å². The van der Waals surface area contributed by atoms with Crippen molar-refractivity contribution in [2.45, 2.75) is 32.1 Å². The quantitative estimate of drug-likeness (QED) is 0.750. The molecule has 0 saturated carbocycles. The molecule has 0 bridgehead atoms. The van der Waals surface area contributed by atoms with Crippen LogP contribution in [-0.2, 0) is 16.1 Å². The zero-order chi connectivity index (χ0) is 18.4. The van der Waals surface area contributed by atoms with Crippen molar-refractivity contribution in [1.82, 2.24) is 15.2 Å². The average molecular weight is 418 g/mol. The molecule has 1 amide bonds. The fourth-order valence-corrected chi connectivity index (χ4v) is 3.35. The smallest absolute Gasteiger partial charge is 0.234 e. The van der Waals surface area contributed by atoms with Gasteiger partial charge in [-0.1, -0.05) is 34.1 Å². The van der Waals surface area contributed by atoms with E-state index in [4.69, 9.17) is 4.74 Å². The van der Waals surface area contributed by atoms with Crippen LogP contribution in [0.2, 0.25) is 0 Å². The van der Waals surface area contributed by atoms with E-state index in [1.807, 2.05) is 49.4 Å². The summed E-state index contributed by atoms with van der Waals surface area (Å²) in [5.74, 6) is 0.0470. The first-order valence-corrected chi connectivity index (χ1v) is 9.68. The number of nitrogens with one attached hydrogen (secondary N) is 1. The predicted octanol–water partition coefficient (Wildman–Crippen LogP) is 3.31. The number of hydrogen-bond donors (Lipinski definition) is 1. The van der Waals surface area contributed by atoms with Crippen molar-refractivity contribution in [1.29, 1.82) is 0 Å². The zero-order valence-electron chi connectivity index (χ0n) is 14.9. The van der Waals surface area contributed by atoms with Gasteiger partial charge in [-0.2, -0.15) is 0 Å². The minimum Gasteiger partial charge on any atom is -0.371 e. The molecule has 3 rings (SSSR count). The average Bonchev–Trinajstić information content (AvgIpc) is 3.08. The molecular formula is C20H24BrN3O2. The second-order valence-corrected chi connectivity index (χ2v) is 7.53. The minimum absolute atomic E-state index is 0.00518. The van der Waals surface area contributed by atoms with Crippen LogP contribution in [0.25, 0.3) is 0 Å². The van der Waals surface area contributed by atoms with Crippen LogP contribution in [0.15, 0.2) is 53.1 Å². The van der Waals surface area contributed by atoms with E-state index in [1.165, 1.54) is 0 Å². The van der Waals surface area contributed by atoms with E-state index in [1.54, 1.807) is 6.20 Å². The van der Waals surface area contributed by atoms with Crippen LogP contribution in [0.4, 0.5) is 0 Å². The fourth-order valence-electron chi connectivity index (χ4n) is 3.09. The minimum atomic E-state index is -0.00518. The molecular weight excluding hydrogens is 394 g/mol. The summed E-state index contributed by atoms with van der Waals surface area (Å²) in [7, 11) is 0. The van der Waals surface area contributed by atoms with E-state index in [0.29, 0.717) is 13.2 Å². The number of benzene rings is 1. The first-order valence-electron chi connectivity index (χ1n) is 8.89. The van der Waals surface area contributed by atoms with Gasteiger partial charge in [-0.05, 0) is 43.2 Å². The third-order valence-corrected chi connectivity index (χ3v) is 5.07. The highest BCUT2D eigenvalue weighted by Gasteiger charge is 2.25. The van der Waals surface area contributed by atoms with Gasteiger partial charge in [0.25, 0.3) is 0 Å². The molecule has 1 fully saturated rings. The number of carbonyl (C=O) groups excluding carboxylic acids is 1. The Labute approximate surface area is 162 Å². The van der Waals surface area contributed by atoms with Crippen LogP contribution in [0.1, 0.15) is 30.6 Å². The summed E-state index contributed by atoms with van der Waals surface area (Å²) < 4.78 is 6.96. The molecule has 1 aromatic carbocycles. The molecule has 1 aliphatic rings. The maximum atomic E-state index is 12.3. The molecule has 0 aliphatic carbocycles. The lowest BCUT2D eigenvalue weighted by Gasteiger charge is -2.19. The van der Waals surface area contributed by atoms with Crippen molar-refractivity contribution in [3.8, 4) is 0 Å². The first kappa shape index (κ1) is 19.0. The summed E-state index contributed by atoms with van der Waals surface area (Å²) >= 11 is 3.43. The zero-order valence-corrected chi connectivity index (χ0v) is 16.5. The maximum absolute atomic E-state index is 12.3. The molecule has 138 valence electrons. The molecule has 6 heteroatoms. The number of aromatic nitrogens is 1. The van der Waals surface area contributed by atoms with E-state index in [9.17, 15) is 4.79 Å². The lowest BCUT2D eigenvalue weighted by Crippen LogP contribution is -2.37. The number of carbonyl (C=O) groups is 1. The van der Waals surface area contributed by atoms with Crippen LogP contribution in [0.5, 0.6) is 0 Å². The molecule has 1 aliphatic heterocycles. The highest BCUT2D eigenvalue weighted by atomic mass is 79.9. The van der Waals surface area contributed by atoms with Crippen molar-refractivity contribution >= 4 is 21.8 Å². The third-order valence-electron chi connectivity index (χ3n) is 4.54. The number of ether oxygens (including phenoxy) is 1. The molecule has 1 aromatic heterocycles. The number of amides is 1. The van der Waals surface area contributed by atoms with E-state index < -0.39 is 0 Å². The number of likely N-dealkylation sites (tertiary alicyclic amines) is 1. The van der Waals surface area contributed by atoms with Crippen molar-refractivity contribution < 1.29 is 9.53 Å². The van der Waals surface area contributed by atoms with Crippen LogP contribution in [-0.4, -0.2) is 41.5 Å². The maximum Gasteiger partial charge on any atom is 0.234 e. The van der Waals surface area contributed by atoms with Crippen LogP contribution in [0, 0.1) is 0 Å². The summed E-state index contributed by atoms with van der Waals surface area (Å²) in [4.78, 5) is 18.7. The monoisotopic (exact) mass is 417 g/mol. The second-order valence-electron chi connectivity index (χ2n) is 6.62. The largest absolute Gasteiger partial charge is 0.371 e. The van der Waals surface area contributed by atoms with Crippen molar-refractivity contribution in [2.24, 2.45) is 0 Å². The second kappa shape index (κ2) is 9.26. The Bertz CT molecular complexity index is 709. The molecule has 1 saturated heterocycles. The number of hydrogen-bond acceptors (Lipinski definition) is 4. The van der Waals surface area contributed by atoms with Crippen molar-refractivity contribution in [3.05, 3.63) is 64.4 Å². The van der Waals surface area contributed by atoms with Gasteiger partial charge in [0, 0.05) is 23.8 Å². The molecule has 0 unspecified atom stereocenters. The molecule has 1 N–H and O–H groups in total. The van der Waals surface area contributed by atoms with Gasteiger partial charge >= 0.3 is 0 Å². The van der Waals surface area contributed by atoms with E-state index in [2.05, 4.69) is 31.1 Å². The summed E-state index contributed by atoms with van der Waals surface area (Å²) in [5, 5.41) is 3.07. The predicted molar refractivity (Wildman–Crippen MR) is 105 cm³/mol. The molecule has 5 nitrogen and oxygen atoms in total. The van der Waals surface area contributed by atoms with E-state index in [-0.39, 0.29) is 18.1 Å². The van der Waals surface area contributed by atoms with Gasteiger partial charge in [-0.3, -0.25) is 14.7 Å². The summed E-state index contributed by atoms with van der Waals surface area (Å²) in [5.41, 5.74) is 2.03. The highest BCUT2D eigenvalue weighted by Crippen LogP contribution is 2.17. The van der Waals surface area contributed by atoms with Gasteiger partial charge in [-0.15, -0.1) is 0 Å². The van der Waals surface area contributed by atoms with Crippen molar-refractivity contribution in [3.63, 3.8) is 0 Å². The van der Waals surface area contributed by atoms with E-state index in [0.717, 1.165) is 35.2 Å².